The van der Waals surface area contributed by atoms with E-state index in [1.54, 1.807) is 12.1 Å². The van der Waals surface area contributed by atoms with E-state index in [4.69, 9.17) is 22.3 Å². The molecule has 7 heteroatoms. The van der Waals surface area contributed by atoms with E-state index in [0.717, 1.165) is 67.1 Å². The quantitative estimate of drug-likeness (QED) is 0.168. The maximum Gasteiger partial charge on any atom is 0.161 e. The topological polar surface area (TPSA) is 89.1 Å². The molecule has 1 saturated carbocycles. The Bertz CT molecular complexity index is 1460. The van der Waals surface area contributed by atoms with Crippen molar-refractivity contribution in [3.63, 3.8) is 0 Å². The zero-order valence-electron chi connectivity index (χ0n) is 28.8. The van der Waals surface area contributed by atoms with Gasteiger partial charge < -0.3 is 15.6 Å². The number of hydrogen-bond acceptors (Lipinski definition) is 5. The van der Waals surface area contributed by atoms with Crippen LogP contribution in [0.15, 0.2) is 61.4 Å². The number of hydrogen-bond donors (Lipinski definition) is 2. The second kappa shape index (κ2) is 18.0. The Morgan fingerprint density at radius 1 is 1.13 bits per heavy atom. The number of benzene rings is 2. The van der Waals surface area contributed by atoms with E-state index in [-0.39, 0.29) is 23.4 Å². The van der Waals surface area contributed by atoms with Gasteiger partial charge in [-0.05, 0) is 92.2 Å². The van der Waals surface area contributed by atoms with Crippen LogP contribution < -0.4 is 5.73 Å². The molecule has 3 N–H and O–H groups in total. The standard InChI is InChI=1S/C29H38ClN3O2.C8H9F.C2H6/c1-17(2)25-15-23(30)13-14-24(25)19(4)28-32-20(5)26(27(31)33-28)29(6,16-34)22-11-9-21(10-12-22)8-7-18(3)35;1-2-7-5-3-4-6-8(7)9;1-2/h13-17,21-22,35H,3-4,7-12H2,1-2,5-6H3,(H2,31,32,33);3-6H,2H2,1H3;1-2H3. The van der Waals surface area contributed by atoms with Crippen molar-refractivity contribution in [1.82, 2.24) is 9.97 Å². The largest absolute Gasteiger partial charge is 0.513 e. The van der Waals surface area contributed by atoms with Crippen LogP contribution in [0.4, 0.5) is 10.2 Å². The molecule has 1 aliphatic carbocycles. The molecule has 1 heterocycles. The van der Waals surface area contributed by atoms with Crippen molar-refractivity contribution in [2.45, 2.75) is 105 Å². The Hall–Kier alpha value is -3.51. The van der Waals surface area contributed by atoms with Crippen LogP contribution in [-0.2, 0) is 16.6 Å². The molecule has 0 bridgehead atoms. The number of aromatic nitrogens is 2. The van der Waals surface area contributed by atoms with Gasteiger partial charge in [0.2, 0.25) is 0 Å². The number of aliphatic hydroxyl groups is 1. The molecular weight excluding hydrogens is 597 g/mol. The molecule has 0 saturated heterocycles. The van der Waals surface area contributed by atoms with E-state index < -0.39 is 5.41 Å². The summed E-state index contributed by atoms with van der Waals surface area (Å²) in [6.45, 7) is 21.9. The van der Waals surface area contributed by atoms with Gasteiger partial charge in [-0.15, -0.1) is 0 Å². The number of aliphatic hydroxyl groups excluding tert-OH is 1. The summed E-state index contributed by atoms with van der Waals surface area (Å²) >= 11 is 6.23. The number of aryl methyl sites for hydroxylation is 2. The Labute approximate surface area is 281 Å². The van der Waals surface area contributed by atoms with Crippen LogP contribution in [0.5, 0.6) is 0 Å². The molecule has 250 valence electrons. The minimum absolute atomic E-state index is 0.0972. The van der Waals surface area contributed by atoms with Gasteiger partial charge in [0.1, 0.15) is 17.9 Å². The van der Waals surface area contributed by atoms with Gasteiger partial charge in [-0.1, -0.05) is 96.5 Å². The lowest BCUT2D eigenvalue weighted by Crippen LogP contribution is -2.38. The number of nitrogens with zero attached hydrogens (tertiary/aromatic N) is 2. The molecule has 46 heavy (non-hydrogen) atoms. The Morgan fingerprint density at radius 2 is 1.76 bits per heavy atom. The summed E-state index contributed by atoms with van der Waals surface area (Å²) in [7, 11) is 0. The summed E-state index contributed by atoms with van der Waals surface area (Å²) in [4.78, 5) is 22.0. The van der Waals surface area contributed by atoms with Crippen molar-refractivity contribution in [3.05, 3.63) is 106 Å². The maximum atomic E-state index is 12.6. The SMILES string of the molecule is C=C(O)CCC1CCC(C(C)(C=O)c2c(C)nc(C(=C)c3ccc(Cl)cc3C(C)C)nc2N)CC1.CC.CCc1ccccc1F. The van der Waals surface area contributed by atoms with Crippen molar-refractivity contribution in [1.29, 1.82) is 0 Å². The summed E-state index contributed by atoms with van der Waals surface area (Å²) in [6, 6.07) is 12.6. The molecule has 1 fully saturated rings. The van der Waals surface area contributed by atoms with Crippen molar-refractivity contribution in [2.24, 2.45) is 11.8 Å². The number of nitrogens with two attached hydrogens (primary N) is 1. The van der Waals surface area contributed by atoms with E-state index in [9.17, 15) is 14.3 Å². The molecular formula is C39H53ClFN3O2. The molecule has 1 aliphatic rings. The molecule has 1 unspecified atom stereocenters. The van der Waals surface area contributed by atoms with Gasteiger partial charge in [0.05, 0.1) is 11.2 Å². The van der Waals surface area contributed by atoms with Crippen molar-refractivity contribution in [3.8, 4) is 0 Å². The second-order valence-electron chi connectivity index (χ2n) is 12.4. The van der Waals surface area contributed by atoms with Crippen molar-refractivity contribution in [2.75, 3.05) is 5.73 Å². The minimum Gasteiger partial charge on any atom is -0.513 e. The van der Waals surface area contributed by atoms with Crippen molar-refractivity contribution < 1.29 is 14.3 Å². The summed E-state index contributed by atoms with van der Waals surface area (Å²) in [5, 5.41) is 10.1. The first-order valence-corrected chi connectivity index (χ1v) is 16.9. The lowest BCUT2D eigenvalue weighted by atomic mass is 9.64. The first kappa shape index (κ1) is 38.7. The molecule has 0 spiro atoms. The van der Waals surface area contributed by atoms with Crippen LogP contribution in [0, 0.1) is 24.6 Å². The second-order valence-corrected chi connectivity index (χ2v) is 12.9. The van der Waals surface area contributed by atoms with Gasteiger partial charge in [-0.3, -0.25) is 0 Å². The molecule has 2 aromatic carbocycles. The van der Waals surface area contributed by atoms with Gasteiger partial charge >= 0.3 is 0 Å². The predicted molar refractivity (Wildman–Crippen MR) is 192 cm³/mol. The van der Waals surface area contributed by atoms with E-state index in [0.29, 0.717) is 40.3 Å². The van der Waals surface area contributed by atoms with Gasteiger partial charge in [-0.2, -0.15) is 0 Å². The fourth-order valence-corrected chi connectivity index (χ4v) is 6.55. The predicted octanol–water partition coefficient (Wildman–Crippen LogP) is 10.7. The Morgan fingerprint density at radius 3 is 2.26 bits per heavy atom. The fourth-order valence-electron chi connectivity index (χ4n) is 6.37. The summed E-state index contributed by atoms with van der Waals surface area (Å²) in [6.07, 6.45) is 7.26. The third kappa shape index (κ3) is 9.75. The van der Waals surface area contributed by atoms with E-state index in [2.05, 4.69) is 32.0 Å². The minimum atomic E-state index is -0.761. The van der Waals surface area contributed by atoms with Crippen LogP contribution in [0.1, 0.15) is 120 Å². The van der Waals surface area contributed by atoms with Gasteiger partial charge in [0, 0.05) is 28.3 Å². The third-order valence-electron chi connectivity index (χ3n) is 9.01. The molecule has 0 amide bonds. The smallest absolute Gasteiger partial charge is 0.161 e. The summed E-state index contributed by atoms with van der Waals surface area (Å²) in [5.74, 6) is 1.90. The Balaban J connectivity index is 0.000000569. The number of aldehydes is 1. The highest BCUT2D eigenvalue weighted by Crippen LogP contribution is 2.45. The van der Waals surface area contributed by atoms with E-state index >= 15 is 0 Å². The molecule has 5 nitrogen and oxygen atoms in total. The highest BCUT2D eigenvalue weighted by molar-refractivity contribution is 6.30. The molecule has 1 atom stereocenters. The fraction of sp³-hybridized carbons (Fsp3) is 0.462. The molecule has 3 aromatic rings. The van der Waals surface area contributed by atoms with Gasteiger partial charge in [-0.25, -0.2) is 14.4 Å². The van der Waals surface area contributed by atoms with Crippen LogP contribution in [0.2, 0.25) is 5.02 Å². The zero-order valence-corrected chi connectivity index (χ0v) is 29.6. The number of carbonyl (C=O) groups excluding carboxylic acids is 1. The monoisotopic (exact) mass is 649 g/mol. The van der Waals surface area contributed by atoms with Gasteiger partial charge in [0.15, 0.2) is 5.82 Å². The lowest BCUT2D eigenvalue weighted by molar-refractivity contribution is -0.114. The third-order valence-corrected chi connectivity index (χ3v) is 9.24. The molecule has 0 radical (unpaired) electrons. The number of anilines is 1. The highest BCUT2D eigenvalue weighted by atomic mass is 35.5. The summed E-state index contributed by atoms with van der Waals surface area (Å²) < 4.78 is 12.6. The Kier molecular flexibility index (Phi) is 15.1. The maximum absolute atomic E-state index is 12.6. The molecule has 4 rings (SSSR count). The van der Waals surface area contributed by atoms with Crippen LogP contribution >= 0.6 is 11.6 Å². The average Bonchev–Trinajstić information content (AvgIpc) is 3.04. The number of rotatable bonds is 10. The lowest BCUT2D eigenvalue weighted by Gasteiger charge is -2.39. The first-order chi connectivity index (χ1) is 21.8. The average molecular weight is 650 g/mol. The molecule has 0 aliphatic heterocycles. The number of allylic oxidation sites excluding steroid dienone is 1. The van der Waals surface area contributed by atoms with Gasteiger partial charge in [0.25, 0.3) is 0 Å². The van der Waals surface area contributed by atoms with E-state index in [1.807, 2.05) is 58.9 Å². The normalized spacial score (nSPS) is 17.1. The van der Waals surface area contributed by atoms with Crippen LogP contribution in [0.25, 0.3) is 5.57 Å². The number of nitrogen functional groups attached to an aromatic ring is 1. The number of halogens is 2. The number of carbonyl (C=O) groups is 1. The first-order valence-electron chi connectivity index (χ1n) is 16.5. The van der Waals surface area contributed by atoms with Crippen LogP contribution in [-0.4, -0.2) is 21.4 Å². The van der Waals surface area contributed by atoms with Crippen molar-refractivity contribution >= 4 is 29.3 Å². The van der Waals surface area contributed by atoms with E-state index in [1.165, 1.54) is 6.07 Å². The molecule has 1 aromatic heterocycles. The zero-order chi connectivity index (χ0) is 34.6. The highest BCUT2D eigenvalue weighted by Gasteiger charge is 2.41. The summed E-state index contributed by atoms with van der Waals surface area (Å²) in [5.41, 5.74) is 10.7. The van der Waals surface area contributed by atoms with Crippen LogP contribution in [0.3, 0.4) is 0 Å².